The monoisotopic (exact) mass is 222 g/mol. The summed E-state index contributed by atoms with van der Waals surface area (Å²) in [6.45, 7) is 2.06. The summed E-state index contributed by atoms with van der Waals surface area (Å²) in [5, 5.41) is 0. The first kappa shape index (κ1) is 13.6. The van der Waals surface area contributed by atoms with Crippen LogP contribution in [0, 0.1) is 0 Å². The first-order chi connectivity index (χ1) is 3.63. The minimum atomic E-state index is 0. The summed E-state index contributed by atoms with van der Waals surface area (Å²) in [5.41, 5.74) is 0. The molecule has 0 saturated heterocycles. The van der Waals surface area contributed by atoms with E-state index in [-0.39, 0.29) is 9.90 Å². The van der Waals surface area contributed by atoms with Gasteiger partial charge < -0.3 is 0 Å². The maximum atomic E-state index is 2.57. The number of nitrogens with zero attached hydrogens (tertiary/aromatic N) is 2. The Bertz CT molecular complexity index is 48.9. The van der Waals surface area contributed by atoms with Crippen molar-refractivity contribution in [1.82, 2.24) is 8.88 Å². The van der Waals surface area contributed by atoms with Gasteiger partial charge in [-0.05, 0) is 0 Å². The molecule has 0 aromatic rings. The minimum Gasteiger partial charge on any atom is -0.271 e. The molecule has 0 heterocycles. The first-order valence-corrected chi connectivity index (χ1v) is 4.23. The van der Waals surface area contributed by atoms with E-state index in [9.17, 15) is 0 Å². The van der Waals surface area contributed by atoms with Crippen LogP contribution in [-0.4, -0.2) is 22.0 Å². The molecule has 58 valence electrons. The van der Waals surface area contributed by atoms with Crippen molar-refractivity contribution in [3.8, 4) is 0 Å². The first-order valence-electron chi connectivity index (χ1n) is 2.17. The van der Waals surface area contributed by atoms with Gasteiger partial charge in [-0.1, -0.05) is 37.6 Å². The third kappa shape index (κ3) is 13.1. The van der Waals surface area contributed by atoms with Crippen molar-refractivity contribution in [2.45, 2.75) is 0 Å². The van der Waals surface area contributed by atoms with Crippen molar-refractivity contribution in [1.29, 1.82) is 0 Å². The summed E-state index contributed by atoms with van der Waals surface area (Å²) in [7, 11) is 10.3. The standard InChI is InChI=1S/C2H12N2P4.H3P/c5-3(6)1-2-4(7)8;/h1-2,5-8H2;1H3. The second kappa shape index (κ2) is 8.17. The second-order valence-corrected chi connectivity index (χ2v) is 5.32. The molecule has 2 nitrogen and oxygen atoms in total. The molecule has 0 fully saturated rings. The van der Waals surface area contributed by atoms with Gasteiger partial charge in [0, 0.05) is 13.1 Å². The van der Waals surface area contributed by atoms with Crippen molar-refractivity contribution in [3.05, 3.63) is 0 Å². The summed E-state index contributed by atoms with van der Waals surface area (Å²) in [4.78, 5) is 0. The van der Waals surface area contributed by atoms with E-state index in [1.807, 2.05) is 8.88 Å². The lowest BCUT2D eigenvalue weighted by atomic mass is 10.7. The van der Waals surface area contributed by atoms with Crippen LogP contribution in [0.2, 0.25) is 0 Å². The van der Waals surface area contributed by atoms with Crippen molar-refractivity contribution in [2.24, 2.45) is 0 Å². The largest absolute Gasteiger partial charge is 0.271 e. The third-order valence-corrected chi connectivity index (χ3v) is 1.65. The molecule has 7 heteroatoms. The van der Waals surface area contributed by atoms with E-state index in [4.69, 9.17) is 0 Å². The quantitative estimate of drug-likeness (QED) is 0.652. The zero-order chi connectivity index (χ0) is 6.57. The molecule has 0 saturated carbocycles. The van der Waals surface area contributed by atoms with Crippen molar-refractivity contribution in [2.75, 3.05) is 13.1 Å². The molecule has 0 spiro atoms. The second-order valence-electron chi connectivity index (χ2n) is 1.48. The van der Waals surface area contributed by atoms with Gasteiger partial charge in [0.05, 0.1) is 0 Å². The minimum absolute atomic E-state index is 0. The Morgan fingerprint density at radius 1 is 0.778 bits per heavy atom. The third-order valence-electron chi connectivity index (χ3n) is 0.616. The highest BCUT2D eigenvalue weighted by Crippen LogP contribution is 2.09. The van der Waals surface area contributed by atoms with Gasteiger partial charge in [-0.25, -0.2) is 0 Å². The predicted molar refractivity (Wildman–Crippen MR) is 63.4 cm³/mol. The van der Waals surface area contributed by atoms with Crippen LogP contribution in [0.5, 0.6) is 0 Å². The zero-order valence-corrected chi connectivity index (χ0v) is 11.4. The number of hydrogen-bond acceptors (Lipinski definition) is 2. The van der Waals surface area contributed by atoms with Crippen LogP contribution in [0.1, 0.15) is 0 Å². The summed E-state index contributed by atoms with van der Waals surface area (Å²) in [6.07, 6.45) is 0. The molecule has 0 bridgehead atoms. The lowest BCUT2D eigenvalue weighted by Gasteiger charge is -2.12. The van der Waals surface area contributed by atoms with E-state index in [1.54, 1.807) is 0 Å². The number of rotatable bonds is 3. The Labute approximate surface area is 69.9 Å². The fourth-order valence-electron chi connectivity index (χ4n) is 0.231. The summed E-state index contributed by atoms with van der Waals surface area (Å²) >= 11 is 0. The maximum absolute atomic E-state index is 2.57. The van der Waals surface area contributed by atoms with E-state index >= 15 is 0 Å². The van der Waals surface area contributed by atoms with Crippen molar-refractivity contribution >= 4 is 47.5 Å². The highest BCUT2D eigenvalue weighted by Gasteiger charge is 1.90. The number of hydrogen-bond donors (Lipinski definition) is 0. The molecule has 0 rings (SSSR count). The van der Waals surface area contributed by atoms with Gasteiger partial charge in [-0.2, -0.15) is 9.90 Å². The van der Waals surface area contributed by atoms with Crippen LogP contribution >= 0.6 is 47.5 Å². The van der Waals surface area contributed by atoms with Crippen LogP contribution in [0.25, 0.3) is 0 Å². The van der Waals surface area contributed by atoms with Gasteiger partial charge in [-0.15, -0.1) is 0 Å². The molecule has 0 aromatic carbocycles. The maximum Gasteiger partial charge on any atom is 0.0185 e. The molecular formula is C2H15N2P5. The summed E-state index contributed by atoms with van der Waals surface area (Å²) in [5.74, 6) is 0. The average molecular weight is 222 g/mol. The van der Waals surface area contributed by atoms with Gasteiger partial charge >= 0.3 is 0 Å². The lowest BCUT2D eigenvalue weighted by Crippen LogP contribution is -2.10. The van der Waals surface area contributed by atoms with Gasteiger partial charge in [0.1, 0.15) is 0 Å². The SMILES string of the molecule is P.PN(P)CCN(P)P. The van der Waals surface area contributed by atoms with Crippen LogP contribution in [-0.2, 0) is 0 Å². The fraction of sp³-hybridized carbons (Fsp3) is 1.00. The molecule has 0 aliphatic heterocycles. The normalized spacial score (nSPS) is 10.0. The van der Waals surface area contributed by atoms with Crippen molar-refractivity contribution < 1.29 is 0 Å². The molecule has 0 aromatic heterocycles. The Balaban J connectivity index is 0. The molecule has 0 aliphatic carbocycles. The van der Waals surface area contributed by atoms with Crippen LogP contribution in [0.15, 0.2) is 0 Å². The van der Waals surface area contributed by atoms with E-state index in [2.05, 4.69) is 37.6 Å². The van der Waals surface area contributed by atoms with E-state index in [1.165, 1.54) is 0 Å². The Morgan fingerprint density at radius 3 is 1.11 bits per heavy atom. The highest BCUT2D eigenvalue weighted by atomic mass is 31.1. The predicted octanol–water partition coefficient (Wildman–Crippen LogP) is 0.809. The average Bonchev–Trinajstić information content (AvgIpc) is 1.61. The van der Waals surface area contributed by atoms with E-state index < -0.39 is 0 Å². The summed E-state index contributed by atoms with van der Waals surface area (Å²) < 4.78 is 3.97. The van der Waals surface area contributed by atoms with Gasteiger partial charge in [0.15, 0.2) is 0 Å². The van der Waals surface area contributed by atoms with Crippen LogP contribution < -0.4 is 0 Å². The smallest absolute Gasteiger partial charge is 0.0185 e. The zero-order valence-electron chi connectivity index (χ0n) is 5.33. The van der Waals surface area contributed by atoms with Crippen molar-refractivity contribution in [3.63, 3.8) is 0 Å². The van der Waals surface area contributed by atoms with Gasteiger partial charge in [-0.3, -0.25) is 8.88 Å². The van der Waals surface area contributed by atoms with Gasteiger partial charge in [0.25, 0.3) is 0 Å². The van der Waals surface area contributed by atoms with Crippen LogP contribution in [0.3, 0.4) is 0 Å². The van der Waals surface area contributed by atoms with E-state index in [0.717, 1.165) is 13.1 Å². The highest BCUT2D eigenvalue weighted by molar-refractivity contribution is 7.31. The molecule has 0 radical (unpaired) electrons. The Hall–Kier alpha value is 2.07. The summed E-state index contributed by atoms with van der Waals surface area (Å²) in [6, 6.07) is 0. The molecule has 0 N–H and O–H groups in total. The van der Waals surface area contributed by atoms with Gasteiger partial charge in [0.2, 0.25) is 0 Å². The lowest BCUT2D eigenvalue weighted by molar-refractivity contribution is 0.631. The Kier molecular flexibility index (Phi) is 12.4. The molecule has 0 aliphatic rings. The molecule has 5 atom stereocenters. The molecule has 9 heavy (non-hydrogen) atoms. The molecule has 0 amide bonds. The molecule has 5 unspecified atom stereocenters. The molecular weight excluding hydrogens is 207 g/mol. The fourth-order valence-corrected chi connectivity index (χ4v) is 0.693. The Morgan fingerprint density at radius 2 is 1.00 bits per heavy atom. The topological polar surface area (TPSA) is 6.48 Å². The van der Waals surface area contributed by atoms with Crippen LogP contribution in [0.4, 0.5) is 0 Å². The van der Waals surface area contributed by atoms with E-state index in [0.29, 0.717) is 0 Å².